The van der Waals surface area contributed by atoms with Gasteiger partial charge in [-0.2, -0.15) is 0 Å². The Bertz CT molecular complexity index is 728. The van der Waals surface area contributed by atoms with Crippen molar-refractivity contribution in [3.8, 4) is 0 Å². The van der Waals surface area contributed by atoms with Gasteiger partial charge in [-0.25, -0.2) is 4.79 Å². The lowest BCUT2D eigenvalue weighted by molar-refractivity contribution is -0.142. The summed E-state index contributed by atoms with van der Waals surface area (Å²) in [6.45, 7) is 2.09. The van der Waals surface area contributed by atoms with Crippen LogP contribution in [0.3, 0.4) is 0 Å². The average molecular weight is 388 g/mol. The Kier molecular flexibility index (Phi) is 6.75. The molecule has 0 bridgehead atoms. The van der Waals surface area contributed by atoms with E-state index in [1.165, 1.54) is 6.08 Å². The summed E-state index contributed by atoms with van der Waals surface area (Å²) in [7, 11) is 0. The van der Waals surface area contributed by atoms with Crippen LogP contribution in [-0.4, -0.2) is 25.0 Å². The second kappa shape index (κ2) is 9.03. The molecule has 0 aromatic heterocycles. The zero-order valence-corrected chi connectivity index (χ0v) is 14.9. The van der Waals surface area contributed by atoms with Crippen LogP contribution in [0.15, 0.2) is 65.1 Å². The number of ether oxygens (including phenoxy) is 1. The van der Waals surface area contributed by atoms with Gasteiger partial charge in [-0.3, -0.25) is 4.79 Å². The Balaban J connectivity index is 1.91. The maximum absolute atomic E-state index is 12.2. The van der Waals surface area contributed by atoms with Crippen molar-refractivity contribution in [3.05, 3.63) is 70.7 Å². The standard InChI is InChI=1S/C19H18BrNO3/c1-2-21(16-9-4-3-5-10-16)18(22)14-24-19(23)13-12-15-8-6-7-11-17(15)20/h3-13H,2,14H2,1H3/b13-12+. The van der Waals surface area contributed by atoms with Crippen LogP contribution in [-0.2, 0) is 14.3 Å². The lowest BCUT2D eigenvalue weighted by atomic mass is 10.2. The van der Waals surface area contributed by atoms with E-state index >= 15 is 0 Å². The predicted octanol–water partition coefficient (Wildman–Crippen LogP) is 4.06. The van der Waals surface area contributed by atoms with Gasteiger partial charge < -0.3 is 9.64 Å². The highest BCUT2D eigenvalue weighted by molar-refractivity contribution is 9.10. The Morgan fingerprint density at radius 2 is 1.75 bits per heavy atom. The molecule has 2 rings (SSSR count). The summed E-state index contributed by atoms with van der Waals surface area (Å²) in [5.74, 6) is -0.811. The first-order valence-electron chi connectivity index (χ1n) is 7.56. The number of anilines is 1. The second-order valence-corrected chi connectivity index (χ2v) is 5.79. The van der Waals surface area contributed by atoms with Crippen molar-refractivity contribution < 1.29 is 14.3 Å². The van der Waals surface area contributed by atoms with Gasteiger partial charge in [0.25, 0.3) is 5.91 Å². The Morgan fingerprint density at radius 3 is 2.42 bits per heavy atom. The Labute approximate surface area is 149 Å². The minimum atomic E-state index is -0.553. The van der Waals surface area contributed by atoms with E-state index in [9.17, 15) is 9.59 Å². The predicted molar refractivity (Wildman–Crippen MR) is 98.6 cm³/mol. The number of esters is 1. The van der Waals surface area contributed by atoms with E-state index in [1.807, 2.05) is 61.5 Å². The van der Waals surface area contributed by atoms with Crippen LogP contribution in [0, 0.1) is 0 Å². The largest absolute Gasteiger partial charge is 0.452 e. The van der Waals surface area contributed by atoms with Crippen molar-refractivity contribution in [3.63, 3.8) is 0 Å². The monoisotopic (exact) mass is 387 g/mol. The molecule has 0 radical (unpaired) electrons. The van der Waals surface area contributed by atoms with Gasteiger partial charge in [-0.1, -0.05) is 52.3 Å². The van der Waals surface area contributed by atoms with Gasteiger partial charge in [0.05, 0.1) is 0 Å². The quantitative estimate of drug-likeness (QED) is 0.554. The van der Waals surface area contributed by atoms with Gasteiger partial charge in [0.1, 0.15) is 0 Å². The van der Waals surface area contributed by atoms with E-state index in [-0.39, 0.29) is 12.5 Å². The van der Waals surface area contributed by atoms with E-state index in [0.29, 0.717) is 6.54 Å². The van der Waals surface area contributed by atoms with Crippen LogP contribution >= 0.6 is 15.9 Å². The normalized spacial score (nSPS) is 10.6. The van der Waals surface area contributed by atoms with Gasteiger partial charge in [-0.15, -0.1) is 0 Å². The number of carbonyl (C=O) groups is 2. The number of hydrogen-bond acceptors (Lipinski definition) is 3. The molecule has 0 unspecified atom stereocenters. The van der Waals surface area contributed by atoms with Gasteiger partial charge in [0, 0.05) is 22.8 Å². The highest BCUT2D eigenvalue weighted by atomic mass is 79.9. The fourth-order valence-corrected chi connectivity index (χ4v) is 2.55. The number of rotatable bonds is 6. The number of carbonyl (C=O) groups excluding carboxylic acids is 2. The molecule has 0 N–H and O–H groups in total. The van der Waals surface area contributed by atoms with E-state index < -0.39 is 5.97 Å². The molecule has 1 amide bonds. The van der Waals surface area contributed by atoms with Crippen LogP contribution < -0.4 is 4.90 Å². The Morgan fingerprint density at radius 1 is 1.08 bits per heavy atom. The maximum Gasteiger partial charge on any atom is 0.331 e. The summed E-state index contributed by atoms with van der Waals surface area (Å²) < 4.78 is 5.92. The lowest BCUT2D eigenvalue weighted by Gasteiger charge is -2.20. The summed E-state index contributed by atoms with van der Waals surface area (Å²) in [6.07, 6.45) is 2.96. The van der Waals surface area contributed by atoms with Crippen molar-refractivity contribution in [1.29, 1.82) is 0 Å². The zero-order chi connectivity index (χ0) is 17.4. The third-order valence-electron chi connectivity index (χ3n) is 3.33. The molecular weight excluding hydrogens is 370 g/mol. The molecule has 0 atom stereocenters. The van der Waals surface area contributed by atoms with Crippen LogP contribution in [0.25, 0.3) is 6.08 Å². The maximum atomic E-state index is 12.2. The van der Waals surface area contributed by atoms with Gasteiger partial charge in [-0.05, 0) is 36.8 Å². The molecule has 0 heterocycles. The highest BCUT2D eigenvalue weighted by Crippen LogP contribution is 2.17. The SMILES string of the molecule is CCN(C(=O)COC(=O)/C=C/c1ccccc1Br)c1ccccc1. The molecule has 124 valence electrons. The summed E-state index contributed by atoms with van der Waals surface area (Å²) in [5.41, 5.74) is 1.64. The van der Waals surface area contributed by atoms with E-state index in [2.05, 4.69) is 15.9 Å². The molecule has 5 heteroatoms. The molecule has 4 nitrogen and oxygen atoms in total. The topological polar surface area (TPSA) is 46.6 Å². The fraction of sp³-hybridized carbons (Fsp3) is 0.158. The molecule has 2 aromatic rings. The first-order chi connectivity index (χ1) is 11.6. The van der Waals surface area contributed by atoms with Crippen LogP contribution in [0.1, 0.15) is 12.5 Å². The number of benzene rings is 2. The highest BCUT2D eigenvalue weighted by Gasteiger charge is 2.15. The molecule has 2 aromatic carbocycles. The number of nitrogens with zero attached hydrogens (tertiary/aromatic N) is 1. The molecule has 0 saturated carbocycles. The minimum Gasteiger partial charge on any atom is -0.452 e. The van der Waals surface area contributed by atoms with Gasteiger partial charge in [0.2, 0.25) is 0 Å². The van der Waals surface area contributed by atoms with Crippen molar-refractivity contribution in [2.45, 2.75) is 6.92 Å². The summed E-state index contributed by atoms with van der Waals surface area (Å²) in [6, 6.07) is 16.8. The molecule has 0 spiro atoms. The van der Waals surface area contributed by atoms with Crippen molar-refractivity contribution in [2.75, 3.05) is 18.1 Å². The fourth-order valence-electron chi connectivity index (χ4n) is 2.14. The minimum absolute atomic E-state index is 0.258. The first-order valence-corrected chi connectivity index (χ1v) is 8.36. The smallest absolute Gasteiger partial charge is 0.331 e. The molecular formula is C19H18BrNO3. The van der Waals surface area contributed by atoms with Crippen LogP contribution in [0.5, 0.6) is 0 Å². The second-order valence-electron chi connectivity index (χ2n) is 4.94. The van der Waals surface area contributed by atoms with Crippen LogP contribution in [0.2, 0.25) is 0 Å². The van der Waals surface area contributed by atoms with Crippen molar-refractivity contribution >= 4 is 39.6 Å². The number of halogens is 1. The molecule has 0 aliphatic carbocycles. The van der Waals surface area contributed by atoms with Gasteiger partial charge in [0.15, 0.2) is 6.61 Å². The molecule has 0 saturated heterocycles. The van der Waals surface area contributed by atoms with Crippen LogP contribution in [0.4, 0.5) is 5.69 Å². The third-order valence-corrected chi connectivity index (χ3v) is 4.05. The summed E-state index contributed by atoms with van der Waals surface area (Å²) in [4.78, 5) is 25.6. The Hall–Kier alpha value is -2.40. The molecule has 0 aliphatic rings. The van der Waals surface area contributed by atoms with Crippen molar-refractivity contribution in [2.24, 2.45) is 0 Å². The van der Waals surface area contributed by atoms with E-state index in [4.69, 9.17) is 4.74 Å². The molecule has 0 fully saturated rings. The van der Waals surface area contributed by atoms with Gasteiger partial charge >= 0.3 is 5.97 Å². The zero-order valence-electron chi connectivity index (χ0n) is 13.3. The van der Waals surface area contributed by atoms with E-state index in [0.717, 1.165) is 15.7 Å². The number of hydrogen-bond donors (Lipinski definition) is 0. The number of likely N-dealkylation sites (N-methyl/N-ethyl adjacent to an activating group) is 1. The number of amides is 1. The molecule has 24 heavy (non-hydrogen) atoms. The summed E-state index contributed by atoms with van der Waals surface area (Å²) in [5, 5.41) is 0. The summed E-state index contributed by atoms with van der Waals surface area (Å²) >= 11 is 3.40. The third kappa shape index (κ3) is 5.06. The number of para-hydroxylation sites is 1. The molecule has 0 aliphatic heterocycles. The average Bonchev–Trinajstić information content (AvgIpc) is 2.61. The van der Waals surface area contributed by atoms with Crippen molar-refractivity contribution in [1.82, 2.24) is 0 Å². The first kappa shape index (κ1) is 17.9. The lowest BCUT2D eigenvalue weighted by Crippen LogP contribution is -2.34. The van der Waals surface area contributed by atoms with E-state index in [1.54, 1.807) is 11.0 Å².